The molecule has 0 nitrogen and oxygen atoms in total. The van der Waals surface area contributed by atoms with Gasteiger partial charge >= 0.3 is 0 Å². The van der Waals surface area contributed by atoms with Gasteiger partial charge in [-0.15, -0.1) is 11.6 Å². The van der Waals surface area contributed by atoms with Gasteiger partial charge in [0, 0.05) is 11.6 Å². The average Bonchev–Trinajstić information content (AvgIpc) is 2.75. The quantitative estimate of drug-likeness (QED) is 0.531. The van der Waals surface area contributed by atoms with Crippen LogP contribution in [0.5, 0.6) is 0 Å². The molecule has 4 heteroatoms. The van der Waals surface area contributed by atoms with Crippen molar-refractivity contribution in [2.75, 3.05) is 0 Å². The molecular formula is C12H12ClF3. The predicted octanol–water partition coefficient (Wildman–Crippen LogP) is 4.57. The lowest BCUT2D eigenvalue weighted by molar-refractivity contribution is 0.471. The maximum atomic E-state index is 13.4. The Morgan fingerprint density at radius 2 is 1.56 bits per heavy atom. The van der Waals surface area contributed by atoms with Gasteiger partial charge in [-0.05, 0) is 24.8 Å². The third-order valence-electron chi connectivity index (χ3n) is 3.15. The van der Waals surface area contributed by atoms with Crippen molar-refractivity contribution >= 4 is 11.6 Å². The molecule has 1 saturated carbocycles. The maximum absolute atomic E-state index is 13.4. The van der Waals surface area contributed by atoms with Gasteiger partial charge in [0.2, 0.25) is 0 Å². The highest BCUT2D eigenvalue weighted by atomic mass is 35.5. The number of hydrogen-bond acceptors (Lipinski definition) is 0. The summed E-state index contributed by atoms with van der Waals surface area (Å²) >= 11 is 6.11. The zero-order valence-corrected chi connectivity index (χ0v) is 9.41. The molecule has 1 aromatic rings. The molecule has 0 saturated heterocycles. The molecule has 1 fully saturated rings. The largest absolute Gasteiger partial charge is 0.207 e. The summed E-state index contributed by atoms with van der Waals surface area (Å²) in [5.74, 6) is -2.80. The van der Waals surface area contributed by atoms with Crippen LogP contribution in [0.2, 0.25) is 0 Å². The number of hydrogen-bond donors (Lipinski definition) is 0. The Bertz CT molecular complexity index is 386. The first kappa shape index (κ1) is 11.8. The number of halogens is 4. The second kappa shape index (κ2) is 4.66. The van der Waals surface area contributed by atoms with Crippen molar-refractivity contribution in [1.29, 1.82) is 0 Å². The van der Waals surface area contributed by atoms with Gasteiger partial charge in [-0.2, -0.15) is 0 Å². The van der Waals surface area contributed by atoms with Crippen LogP contribution in [0.15, 0.2) is 12.1 Å². The molecule has 0 spiro atoms. The van der Waals surface area contributed by atoms with Crippen LogP contribution in [-0.2, 0) is 0 Å². The van der Waals surface area contributed by atoms with Crippen LogP contribution in [0.3, 0.4) is 0 Å². The number of alkyl halides is 1. The minimum absolute atomic E-state index is 0.0764. The SMILES string of the molecule is Fc1cc(F)c(C(Cl)C2CCCC2)cc1F. The van der Waals surface area contributed by atoms with Gasteiger partial charge in [0.25, 0.3) is 0 Å². The molecule has 1 atom stereocenters. The molecule has 0 aromatic heterocycles. The van der Waals surface area contributed by atoms with Crippen molar-refractivity contribution in [1.82, 2.24) is 0 Å². The third kappa shape index (κ3) is 2.19. The van der Waals surface area contributed by atoms with Crippen LogP contribution >= 0.6 is 11.6 Å². The van der Waals surface area contributed by atoms with Crippen molar-refractivity contribution in [2.24, 2.45) is 5.92 Å². The summed E-state index contributed by atoms with van der Waals surface area (Å²) in [7, 11) is 0. The number of rotatable bonds is 2. The third-order valence-corrected chi connectivity index (χ3v) is 3.74. The molecule has 1 aromatic carbocycles. The van der Waals surface area contributed by atoms with Crippen LogP contribution in [0, 0.1) is 23.4 Å². The Morgan fingerprint density at radius 1 is 1.00 bits per heavy atom. The maximum Gasteiger partial charge on any atom is 0.161 e. The van der Waals surface area contributed by atoms with E-state index in [2.05, 4.69) is 0 Å². The first-order chi connectivity index (χ1) is 7.59. The highest BCUT2D eigenvalue weighted by Crippen LogP contribution is 2.41. The van der Waals surface area contributed by atoms with E-state index < -0.39 is 22.8 Å². The van der Waals surface area contributed by atoms with Gasteiger partial charge in [0.1, 0.15) is 5.82 Å². The lowest BCUT2D eigenvalue weighted by Gasteiger charge is -2.17. The molecular weight excluding hydrogens is 237 g/mol. The molecule has 0 amide bonds. The molecule has 0 radical (unpaired) electrons. The monoisotopic (exact) mass is 248 g/mol. The molecule has 1 aliphatic rings. The van der Waals surface area contributed by atoms with Crippen LogP contribution in [0.25, 0.3) is 0 Å². The van der Waals surface area contributed by atoms with E-state index in [4.69, 9.17) is 11.6 Å². The van der Waals surface area contributed by atoms with Crippen LogP contribution in [0.4, 0.5) is 13.2 Å². The van der Waals surface area contributed by atoms with E-state index in [0.29, 0.717) is 6.07 Å². The molecule has 0 aliphatic heterocycles. The van der Waals surface area contributed by atoms with Gasteiger partial charge in [0.15, 0.2) is 11.6 Å². The fraction of sp³-hybridized carbons (Fsp3) is 0.500. The fourth-order valence-electron chi connectivity index (χ4n) is 2.25. The lowest BCUT2D eigenvalue weighted by Crippen LogP contribution is -2.07. The van der Waals surface area contributed by atoms with E-state index in [1.165, 1.54) is 0 Å². The molecule has 1 unspecified atom stereocenters. The normalized spacial score (nSPS) is 19.0. The summed E-state index contributed by atoms with van der Waals surface area (Å²) in [5.41, 5.74) is 0.0764. The van der Waals surface area contributed by atoms with Gasteiger partial charge < -0.3 is 0 Å². The highest BCUT2D eigenvalue weighted by Gasteiger charge is 2.27. The van der Waals surface area contributed by atoms with Gasteiger partial charge in [0.05, 0.1) is 5.38 Å². The zero-order chi connectivity index (χ0) is 11.7. The Kier molecular flexibility index (Phi) is 3.43. The summed E-state index contributed by atoms with van der Waals surface area (Å²) in [5, 5.41) is -0.558. The number of benzene rings is 1. The predicted molar refractivity (Wildman–Crippen MR) is 56.9 cm³/mol. The average molecular weight is 249 g/mol. The topological polar surface area (TPSA) is 0 Å². The Morgan fingerprint density at radius 3 is 2.19 bits per heavy atom. The van der Waals surface area contributed by atoms with Gasteiger partial charge in [-0.25, -0.2) is 13.2 Å². The molecule has 2 rings (SSSR count). The minimum Gasteiger partial charge on any atom is -0.207 e. The van der Waals surface area contributed by atoms with Crippen molar-refractivity contribution in [3.63, 3.8) is 0 Å². The molecule has 88 valence electrons. The van der Waals surface area contributed by atoms with E-state index in [-0.39, 0.29) is 11.5 Å². The van der Waals surface area contributed by atoms with E-state index in [0.717, 1.165) is 31.7 Å². The van der Waals surface area contributed by atoms with E-state index in [1.54, 1.807) is 0 Å². The summed E-state index contributed by atoms with van der Waals surface area (Å²) in [4.78, 5) is 0. The van der Waals surface area contributed by atoms with Gasteiger partial charge in [-0.3, -0.25) is 0 Å². The van der Waals surface area contributed by atoms with E-state index >= 15 is 0 Å². The fourth-order valence-corrected chi connectivity index (χ4v) is 2.67. The molecule has 16 heavy (non-hydrogen) atoms. The van der Waals surface area contributed by atoms with Crippen molar-refractivity contribution in [3.05, 3.63) is 35.1 Å². The van der Waals surface area contributed by atoms with E-state index in [9.17, 15) is 13.2 Å². The van der Waals surface area contributed by atoms with Crippen LogP contribution < -0.4 is 0 Å². The lowest BCUT2D eigenvalue weighted by atomic mass is 9.97. The smallest absolute Gasteiger partial charge is 0.161 e. The van der Waals surface area contributed by atoms with Crippen molar-refractivity contribution in [2.45, 2.75) is 31.1 Å². The van der Waals surface area contributed by atoms with Crippen LogP contribution in [0.1, 0.15) is 36.6 Å². The Hall–Kier alpha value is -0.700. The van der Waals surface area contributed by atoms with Gasteiger partial charge in [-0.1, -0.05) is 12.8 Å². The van der Waals surface area contributed by atoms with Crippen molar-refractivity contribution < 1.29 is 13.2 Å². The van der Waals surface area contributed by atoms with Crippen LogP contribution in [-0.4, -0.2) is 0 Å². The summed E-state index contributed by atoms with van der Waals surface area (Å²) in [6.07, 6.45) is 3.98. The summed E-state index contributed by atoms with van der Waals surface area (Å²) in [6.45, 7) is 0. The first-order valence-corrected chi connectivity index (χ1v) is 5.81. The molecule has 0 N–H and O–H groups in total. The molecule has 0 heterocycles. The molecule has 0 bridgehead atoms. The zero-order valence-electron chi connectivity index (χ0n) is 8.65. The molecule has 1 aliphatic carbocycles. The summed E-state index contributed by atoms with van der Waals surface area (Å²) < 4.78 is 39.2. The Labute approximate surface area is 97.4 Å². The minimum atomic E-state index is -1.17. The standard InChI is InChI=1S/C12H12ClF3/c13-12(7-3-1-2-4-7)8-5-10(15)11(16)6-9(8)14/h5-7,12H,1-4H2. The summed E-state index contributed by atoms with van der Waals surface area (Å²) in [6, 6.07) is 1.44. The second-order valence-electron chi connectivity index (χ2n) is 4.23. The first-order valence-electron chi connectivity index (χ1n) is 5.38. The highest BCUT2D eigenvalue weighted by molar-refractivity contribution is 6.21. The van der Waals surface area contributed by atoms with E-state index in [1.807, 2.05) is 0 Å². The Balaban J connectivity index is 2.28. The van der Waals surface area contributed by atoms with Crippen molar-refractivity contribution in [3.8, 4) is 0 Å². The second-order valence-corrected chi connectivity index (χ2v) is 4.70.